The lowest BCUT2D eigenvalue weighted by Gasteiger charge is -2.19. The highest BCUT2D eigenvalue weighted by atomic mass is 32.3. The van der Waals surface area contributed by atoms with Gasteiger partial charge in [-0.05, 0) is 12.1 Å². The molecule has 5 nitrogen and oxygen atoms in total. The van der Waals surface area contributed by atoms with E-state index in [4.69, 9.17) is 4.74 Å². The van der Waals surface area contributed by atoms with Crippen molar-refractivity contribution in [2.45, 2.75) is 12.6 Å². The van der Waals surface area contributed by atoms with Crippen molar-refractivity contribution in [2.75, 3.05) is 24.3 Å². The van der Waals surface area contributed by atoms with E-state index < -0.39 is 45.3 Å². The lowest BCUT2D eigenvalue weighted by atomic mass is 10.1. The van der Waals surface area contributed by atoms with Crippen LogP contribution in [-0.4, -0.2) is 33.7 Å². The number of alkyl halides is 3. The number of halogens is 4. The third-order valence-corrected chi connectivity index (χ3v) is 4.31. The number of hydrogen-bond acceptors (Lipinski definition) is 4. The minimum atomic E-state index is -4.73. The fourth-order valence-corrected chi connectivity index (χ4v) is 3.29. The molecular weight excluding hydrogens is 342 g/mol. The van der Waals surface area contributed by atoms with E-state index in [9.17, 15) is 30.3 Å². The van der Waals surface area contributed by atoms with Crippen LogP contribution < -0.4 is 9.64 Å². The van der Waals surface area contributed by atoms with Crippen LogP contribution >= 0.6 is 0 Å². The van der Waals surface area contributed by atoms with Crippen LogP contribution in [0.3, 0.4) is 0 Å². The molecule has 1 aromatic rings. The summed E-state index contributed by atoms with van der Waals surface area (Å²) < 4.78 is 77.1. The van der Waals surface area contributed by atoms with Crippen molar-refractivity contribution in [2.24, 2.45) is 5.92 Å². The van der Waals surface area contributed by atoms with E-state index in [-0.39, 0.29) is 18.7 Å². The van der Waals surface area contributed by atoms with Gasteiger partial charge in [0.1, 0.15) is 5.75 Å². The Kier molecular flexibility index (Phi) is 4.56. The van der Waals surface area contributed by atoms with E-state index in [1.807, 2.05) is 0 Å². The van der Waals surface area contributed by atoms with Crippen LogP contribution in [-0.2, 0) is 21.2 Å². The molecule has 1 aromatic carbocycles. The first-order valence-corrected chi connectivity index (χ1v) is 8.04. The number of hydrogen-bond donors (Lipinski definition) is 0. The number of benzene rings is 1. The smallest absolute Gasteiger partial charge is 0.419 e. The maximum Gasteiger partial charge on any atom is 0.419 e. The molecule has 1 saturated heterocycles. The SMILES string of the molecule is COc1cc(N2CC(CS(=O)(=O)F)CC2=O)ccc1C(F)(F)F. The molecule has 0 radical (unpaired) electrons. The maximum absolute atomic E-state index is 12.8. The number of ether oxygens (including phenoxy) is 1. The molecular formula is C13H13F4NO4S. The zero-order chi connectivity index (χ0) is 17.4. The Morgan fingerprint density at radius 1 is 1.35 bits per heavy atom. The summed E-state index contributed by atoms with van der Waals surface area (Å²) in [6, 6.07) is 2.92. The molecule has 1 amide bonds. The number of amides is 1. The van der Waals surface area contributed by atoms with Gasteiger partial charge in [-0.25, -0.2) is 0 Å². The number of nitrogens with zero attached hydrogens (tertiary/aromatic N) is 1. The molecule has 0 aliphatic carbocycles. The van der Waals surface area contributed by atoms with Crippen molar-refractivity contribution >= 4 is 21.8 Å². The minimum absolute atomic E-state index is 0.0868. The number of rotatable bonds is 4. The molecule has 0 bridgehead atoms. The van der Waals surface area contributed by atoms with Gasteiger partial charge in [0.05, 0.1) is 18.4 Å². The highest BCUT2D eigenvalue weighted by Gasteiger charge is 2.37. The topological polar surface area (TPSA) is 63.7 Å². The Morgan fingerprint density at radius 3 is 2.52 bits per heavy atom. The van der Waals surface area contributed by atoms with Gasteiger partial charge in [0, 0.05) is 30.6 Å². The van der Waals surface area contributed by atoms with Gasteiger partial charge in [-0.1, -0.05) is 0 Å². The number of carbonyl (C=O) groups is 1. The molecule has 0 aromatic heterocycles. The van der Waals surface area contributed by atoms with E-state index in [1.54, 1.807) is 0 Å². The van der Waals surface area contributed by atoms with Gasteiger partial charge >= 0.3 is 16.4 Å². The number of anilines is 1. The average Bonchev–Trinajstić information content (AvgIpc) is 2.75. The molecule has 128 valence electrons. The predicted octanol–water partition coefficient (Wildman–Crippen LogP) is 2.37. The van der Waals surface area contributed by atoms with Gasteiger partial charge in [0.15, 0.2) is 0 Å². The monoisotopic (exact) mass is 355 g/mol. The van der Waals surface area contributed by atoms with Crippen LogP contribution in [0.25, 0.3) is 0 Å². The third kappa shape index (κ3) is 4.12. The van der Waals surface area contributed by atoms with Crippen molar-refractivity contribution in [3.05, 3.63) is 23.8 Å². The van der Waals surface area contributed by atoms with Crippen LogP contribution in [0.5, 0.6) is 5.75 Å². The molecule has 1 heterocycles. The lowest BCUT2D eigenvalue weighted by molar-refractivity contribution is -0.138. The largest absolute Gasteiger partial charge is 0.496 e. The van der Waals surface area contributed by atoms with Crippen molar-refractivity contribution in [1.82, 2.24) is 0 Å². The van der Waals surface area contributed by atoms with E-state index in [2.05, 4.69) is 0 Å². The third-order valence-electron chi connectivity index (χ3n) is 3.44. The number of methoxy groups -OCH3 is 1. The molecule has 1 aliphatic rings. The second-order valence-electron chi connectivity index (χ2n) is 5.16. The fourth-order valence-electron chi connectivity index (χ4n) is 2.51. The van der Waals surface area contributed by atoms with Crippen LogP contribution in [0.15, 0.2) is 18.2 Å². The van der Waals surface area contributed by atoms with Crippen LogP contribution in [0.2, 0.25) is 0 Å². The first-order valence-electron chi connectivity index (χ1n) is 6.49. The van der Waals surface area contributed by atoms with Crippen molar-refractivity contribution in [3.63, 3.8) is 0 Å². The summed E-state index contributed by atoms with van der Waals surface area (Å²) in [6.07, 6.45) is -4.80. The molecule has 2 rings (SSSR count). The maximum atomic E-state index is 12.8. The molecule has 0 saturated carbocycles. The fraction of sp³-hybridized carbons (Fsp3) is 0.462. The summed E-state index contributed by atoms with van der Waals surface area (Å²) in [7, 11) is -3.66. The second-order valence-corrected chi connectivity index (χ2v) is 6.57. The molecule has 1 fully saturated rings. The molecule has 1 unspecified atom stereocenters. The Hall–Kier alpha value is -1.84. The van der Waals surface area contributed by atoms with Crippen LogP contribution in [0.4, 0.5) is 22.7 Å². The molecule has 0 spiro atoms. The average molecular weight is 355 g/mol. The van der Waals surface area contributed by atoms with E-state index in [1.165, 1.54) is 0 Å². The molecule has 23 heavy (non-hydrogen) atoms. The standard InChI is InChI=1S/C13H13F4NO4S/c1-22-11-5-9(2-3-10(11)13(14,15)16)18-6-8(4-12(18)19)7-23(17,20)21/h2-3,5,8H,4,6-7H2,1H3. The summed E-state index contributed by atoms with van der Waals surface area (Å²) in [4.78, 5) is 13.0. The van der Waals surface area contributed by atoms with Gasteiger partial charge in [-0.2, -0.15) is 21.6 Å². The van der Waals surface area contributed by atoms with E-state index in [0.29, 0.717) is 0 Å². The van der Waals surface area contributed by atoms with Gasteiger partial charge in [-0.15, -0.1) is 3.89 Å². The highest BCUT2D eigenvalue weighted by molar-refractivity contribution is 7.86. The van der Waals surface area contributed by atoms with Gasteiger partial charge in [-0.3, -0.25) is 4.79 Å². The van der Waals surface area contributed by atoms with E-state index in [0.717, 1.165) is 30.2 Å². The van der Waals surface area contributed by atoms with Crippen molar-refractivity contribution < 1.29 is 35.0 Å². The Bertz CT molecular complexity index is 717. The molecule has 1 aliphatic heterocycles. The summed E-state index contributed by atoms with van der Waals surface area (Å²) in [5.74, 6) is -2.48. The van der Waals surface area contributed by atoms with Gasteiger partial charge < -0.3 is 9.64 Å². The summed E-state index contributed by atoms with van der Waals surface area (Å²) >= 11 is 0. The normalized spacial score (nSPS) is 19.3. The summed E-state index contributed by atoms with van der Waals surface area (Å²) in [6.45, 7) is -0.0868. The van der Waals surface area contributed by atoms with Crippen molar-refractivity contribution in [3.8, 4) is 5.75 Å². The molecule has 10 heteroatoms. The van der Waals surface area contributed by atoms with Crippen LogP contribution in [0, 0.1) is 5.92 Å². The predicted molar refractivity (Wildman–Crippen MR) is 73.4 cm³/mol. The van der Waals surface area contributed by atoms with E-state index >= 15 is 0 Å². The first kappa shape index (κ1) is 17.5. The lowest BCUT2D eigenvalue weighted by Crippen LogP contribution is -2.25. The Labute approximate surface area is 130 Å². The zero-order valence-electron chi connectivity index (χ0n) is 11.9. The molecule has 0 N–H and O–H groups in total. The highest BCUT2D eigenvalue weighted by Crippen LogP contribution is 2.39. The van der Waals surface area contributed by atoms with Gasteiger partial charge in [0.25, 0.3) is 0 Å². The second kappa shape index (κ2) is 5.99. The Morgan fingerprint density at radius 2 is 2.00 bits per heavy atom. The summed E-state index contributed by atoms with van der Waals surface area (Å²) in [5.41, 5.74) is -0.850. The number of carbonyl (C=O) groups excluding carboxylic acids is 1. The first-order chi connectivity index (χ1) is 10.5. The quantitative estimate of drug-likeness (QED) is 0.614. The Balaban J connectivity index is 2.27. The zero-order valence-corrected chi connectivity index (χ0v) is 12.7. The van der Waals surface area contributed by atoms with Gasteiger partial charge in [0.2, 0.25) is 5.91 Å². The minimum Gasteiger partial charge on any atom is -0.496 e. The van der Waals surface area contributed by atoms with Crippen molar-refractivity contribution in [1.29, 1.82) is 0 Å². The molecule has 1 atom stereocenters. The summed E-state index contributed by atoms with van der Waals surface area (Å²) in [5, 5.41) is 0. The van der Waals surface area contributed by atoms with Crippen LogP contribution in [0.1, 0.15) is 12.0 Å².